The lowest BCUT2D eigenvalue weighted by molar-refractivity contribution is -0.124. The van der Waals surface area contributed by atoms with Crippen LogP contribution in [0.2, 0.25) is 5.02 Å². The molecule has 0 aliphatic carbocycles. The summed E-state index contributed by atoms with van der Waals surface area (Å²) in [5.74, 6) is -2.00. The Kier molecular flexibility index (Phi) is 5.98. The average molecular weight is 415 g/mol. The van der Waals surface area contributed by atoms with Gasteiger partial charge < -0.3 is 10.1 Å². The van der Waals surface area contributed by atoms with Gasteiger partial charge in [0, 0.05) is 6.54 Å². The summed E-state index contributed by atoms with van der Waals surface area (Å²) in [6, 6.07) is 10.6. The van der Waals surface area contributed by atoms with Crippen LogP contribution in [0, 0.1) is 5.92 Å². The molecule has 3 amide bonds. The topological polar surface area (TPSA) is 92.8 Å². The van der Waals surface area contributed by atoms with E-state index in [0.29, 0.717) is 6.54 Å². The molecule has 0 unspecified atom stereocenters. The zero-order valence-electron chi connectivity index (χ0n) is 15.9. The maximum absolute atomic E-state index is 12.8. The van der Waals surface area contributed by atoms with E-state index >= 15 is 0 Å². The SMILES string of the molecule is CC(C)CNC(=O)COC(=O)c1ccc2c(c1)C(=O)N(c1ccccc1Cl)C2=O. The Morgan fingerprint density at radius 2 is 1.76 bits per heavy atom. The lowest BCUT2D eigenvalue weighted by Crippen LogP contribution is -2.31. The summed E-state index contributed by atoms with van der Waals surface area (Å²) in [5, 5.41) is 2.90. The summed E-state index contributed by atoms with van der Waals surface area (Å²) in [7, 11) is 0. The number of hydrogen-bond donors (Lipinski definition) is 1. The van der Waals surface area contributed by atoms with Crippen LogP contribution < -0.4 is 10.2 Å². The molecule has 0 fully saturated rings. The average Bonchev–Trinajstić information content (AvgIpc) is 2.95. The molecule has 29 heavy (non-hydrogen) atoms. The Bertz CT molecular complexity index is 1000. The second-order valence-corrected chi connectivity index (χ2v) is 7.34. The number of ether oxygens (including phenoxy) is 1. The van der Waals surface area contributed by atoms with Gasteiger partial charge in [-0.1, -0.05) is 37.6 Å². The van der Waals surface area contributed by atoms with Gasteiger partial charge >= 0.3 is 5.97 Å². The normalized spacial score (nSPS) is 12.9. The number of esters is 1. The molecule has 7 nitrogen and oxygen atoms in total. The molecule has 3 rings (SSSR count). The van der Waals surface area contributed by atoms with Crippen LogP contribution in [-0.4, -0.2) is 36.8 Å². The van der Waals surface area contributed by atoms with E-state index in [4.69, 9.17) is 16.3 Å². The summed E-state index contributed by atoms with van der Waals surface area (Å²) in [5.41, 5.74) is 0.587. The maximum atomic E-state index is 12.8. The number of rotatable bonds is 6. The lowest BCUT2D eigenvalue weighted by atomic mass is 10.1. The van der Waals surface area contributed by atoms with Crippen molar-refractivity contribution in [1.82, 2.24) is 5.32 Å². The molecule has 0 bridgehead atoms. The second-order valence-electron chi connectivity index (χ2n) is 6.93. The number of carbonyl (C=O) groups excluding carboxylic acids is 4. The lowest BCUT2D eigenvalue weighted by Gasteiger charge is -2.15. The molecule has 2 aromatic carbocycles. The molecular weight excluding hydrogens is 396 g/mol. The summed E-state index contributed by atoms with van der Waals surface area (Å²) >= 11 is 6.12. The van der Waals surface area contributed by atoms with E-state index < -0.39 is 30.3 Å². The predicted octanol–water partition coefficient (Wildman–Crippen LogP) is 3.07. The number of halogens is 1. The summed E-state index contributed by atoms with van der Waals surface area (Å²) in [6.07, 6.45) is 0. The number of imide groups is 1. The van der Waals surface area contributed by atoms with Gasteiger partial charge in [0.05, 0.1) is 27.4 Å². The first-order chi connectivity index (χ1) is 13.8. The maximum Gasteiger partial charge on any atom is 0.338 e. The van der Waals surface area contributed by atoms with E-state index in [-0.39, 0.29) is 33.3 Å². The van der Waals surface area contributed by atoms with Crippen LogP contribution in [0.5, 0.6) is 0 Å². The zero-order chi connectivity index (χ0) is 21.1. The van der Waals surface area contributed by atoms with Gasteiger partial charge in [0.15, 0.2) is 6.61 Å². The van der Waals surface area contributed by atoms with Gasteiger partial charge in [0.1, 0.15) is 0 Å². The zero-order valence-corrected chi connectivity index (χ0v) is 16.7. The first-order valence-electron chi connectivity index (χ1n) is 9.00. The molecule has 0 spiro atoms. The van der Waals surface area contributed by atoms with Crippen molar-refractivity contribution >= 4 is 41.0 Å². The molecule has 0 saturated heterocycles. The Morgan fingerprint density at radius 3 is 2.45 bits per heavy atom. The molecule has 0 radical (unpaired) electrons. The fourth-order valence-corrected chi connectivity index (χ4v) is 3.02. The molecule has 0 saturated carbocycles. The number of anilines is 1. The van der Waals surface area contributed by atoms with Crippen LogP contribution in [0.4, 0.5) is 5.69 Å². The number of para-hydroxylation sites is 1. The molecule has 2 aromatic rings. The van der Waals surface area contributed by atoms with Gasteiger partial charge in [0.2, 0.25) is 0 Å². The Balaban J connectivity index is 1.75. The Labute approximate surface area is 172 Å². The first kappa shape index (κ1) is 20.5. The van der Waals surface area contributed by atoms with Gasteiger partial charge in [-0.2, -0.15) is 0 Å². The molecule has 150 valence electrons. The Morgan fingerprint density at radius 1 is 1.07 bits per heavy atom. The van der Waals surface area contributed by atoms with E-state index in [1.54, 1.807) is 24.3 Å². The van der Waals surface area contributed by atoms with E-state index in [0.717, 1.165) is 4.90 Å². The smallest absolute Gasteiger partial charge is 0.338 e. The quantitative estimate of drug-likeness (QED) is 0.579. The highest BCUT2D eigenvalue weighted by Crippen LogP contribution is 2.33. The van der Waals surface area contributed by atoms with Crippen molar-refractivity contribution in [3.8, 4) is 0 Å². The van der Waals surface area contributed by atoms with Gasteiger partial charge in [-0.3, -0.25) is 14.4 Å². The van der Waals surface area contributed by atoms with Crippen molar-refractivity contribution in [2.75, 3.05) is 18.1 Å². The number of fused-ring (bicyclic) bond motifs is 1. The van der Waals surface area contributed by atoms with Crippen LogP contribution in [0.3, 0.4) is 0 Å². The molecule has 1 heterocycles. The third-order valence-electron chi connectivity index (χ3n) is 4.26. The van der Waals surface area contributed by atoms with Crippen LogP contribution >= 0.6 is 11.6 Å². The standard InChI is InChI=1S/C21H19ClN2O5/c1-12(2)10-23-18(25)11-29-21(28)13-7-8-14-15(9-13)20(27)24(19(14)26)17-6-4-3-5-16(17)22/h3-9,12H,10-11H2,1-2H3,(H,23,25). The van der Waals surface area contributed by atoms with Gasteiger partial charge in [-0.05, 0) is 36.2 Å². The number of benzene rings is 2. The number of nitrogens with zero attached hydrogens (tertiary/aromatic N) is 1. The van der Waals surface area contributed by atoms with Crippen molar-refractivity contribution in [2.45, 2.75) is 13.8 Å². The summed E-state index contributed by atoms with van der Waals surface area (Å²) in [4.78, 5) is 50.4. The molecule has 0 atom stereocenters. The molecule has 1 aliphatic heterocycles. The van der Waals surface area contributed by atoms with E-state index in [1.165, 1.54) is 18.2 Å². The van der Waals surface area contributed by atoms with E-state index in [9.17, 15) is 19.2 Å². The van der Waals surface area contributed by atoms with Gasteiger partial charge in [-0.15, -0.1) is 0 Å². The highest BCUT2D eigenvalue weighted by atomic mass is 35.5. The molecule has 0 aromatic heterocycles. The summed E-state index contributed by atoms with van der Waals surface area (Å²) < 4.78 is 4.99. The number of carbonyl (C=O) groups is 4. The van der Waals surface area contributed by atoms with Crippen molar-refractivity contribution in [3.05, 3.63) is 64.2 Å². The minimum absolute atomic E-state index is 0.0718. The fourth-order valence-electron chi connectivity index (χ4n) is 2.80. The minimum Gasteiger partial charge on any atom is -0.452 e. The molecular formula is C21H19ClN2O5. The summed E-state index contributed by atoms with van der Waals surface area (Å²) in [6.45, 7) is 3.94. The van der Waals surface area contributed by atoms with Crippen LogP contribution in [0.1, 0.15) is 44.9 Å². The number of amides is 3. The molecule has 1 N–H and O–H groups in total. The van der Waals surface area contributed by atoms with E-state index in [1.807, 2.05) is 13.8 Å². The van der Waals surface area contributed by atoms with Crippen molar-refractivity contribution in [3.63, 3.8) is 0 Å². The fraction of sp³-hybridized carbons (Fsp3) is 0.238. The van der Waals surface area contributed by atoms with Crippen molar-refractivity contribution in [1.29, 1.82) is 0 Å². The number of nitrogens with one attached hydrogen (secondary N) is 1. The third-order valence-corrected chi connectivity index (χ3v) is 4.58. The van der Waals surface area contributed by atoms with Crippen molar-refractivity contribution < 1.29 is 23.9 Å². The highest BCUT2D eigenvalue weighted by Gasteiger charge is 2.38. The highest BCUT2D eigenvalue weighted by molar-refractivity contribution is 6.39. The molecule has 8 heteroatoms. The second kappa shape index (κ2) is 8.45. The van der Waals surface area contributed by atoms with Crippen LogP contribution in [0.15, 0.2) is 42.5 Å². The van der Waals surface area contributed by atoms with Crippen molar-refractivity contribution in [2.24, 2.45) is 5.92 Å². The van der Waals surface area contributed by atoms with Gasteiger partial charge in [-0.25, -0.2) is 9.69 Å². The van der Waals surface area contributed by atoms with E-state index in [2.05, 4.69) is 5.32 Å². The van der Waals surface area contributed by atoms with Gasteiger partial charge in [0.25, 0.3) is 17.7 Å². The third kappa shape index (κ3) is 4.30. The number of hydrogen-bond acceptors (Lipinski definition) is 5. The van der Waals surface area contributed by atoms with Crippen LogP contribution in [0.25, 0.3) is 0 Å². The predicted molar refractivity (Wildman–Crippen MR) is 107 cm³/mol. The monoisotopic (exact) mass is 414 g/mol. The minimum atomic E-state index is -0.760. The van der Waals surface area contributed by atoms with Crippen LogP contribution in [-0.2, 0) is 9.53 Å². The largest absolute Gasteiger partial charge is 0.452 e. The first-order valence-corrected chi connectivity index (χ1v) is 9.38. The molecule has 1 aliphatic rings. The Hall–Kier alpha value is -3.19.